The maximum Gasteiger partial charge on any atom is 0.152 e. The smallest absolute Gasteiger partial charge is 0.152 e. The lowest BCUT2D eigenvalue weighted by Crippen LogP contribution is -2.27. The molecular weight excluding hydrogens is 409 g/mol. The van der Waals surface area contributed by atoms with Gasteiger partial charge < -0.3 is 15.5 Å². The molecule has 27 heavy (non-hydrogen) atoms. The van der Waals surface area contributed by atoms with Crippen LogP contribution in [-0.4, -0.2) is 33.1 Å². The Labute approximate surface area is 171 Å². The average Bonchev–Trinajstić information content (AvgIpc) is 2.67. The molecular formula is C19H16Cl3N3O2. The number of hydrogen-bond acceptors (Lipinski definition) is 5. The number of aliphatic hydroxyl groups is 1. The molecule has 0 spiro atoms. The molecule has 0 bridgehead atoms. The number of nitrogens with one attached hydrogen (secondary N) is 1. The summed E-state index contributed by atoms with van der Waals surface area (Å²) in [6, 6.07) is 13.8. The minimum Gasteiger partial charge on any atom is -0.505 e. The highest BCUT2D eigenvalue weighted by molar-refractivity contribution is 6.37. The number of halogens is 3. The fraction of sp³-hybridized carbons (Fsp3) is 0.158. The van der Waals surface area contributed by atoms with Crippen molar-refractivity contribution in [2.24, 2.45) is 0 Å². The Balaban J connectivity index is 1.74. The van der Waals surface area contributed by atoms with E-state index in [1.807, 2.05) is 24.3 Å². The highest BCUT2D eigenvalue weighted by atomic mass is 35.5. The van der Waals surface area contributed by atoms with E-state index in [4.69, 9.17) is 34.8 Å². The van der Waals surface area contributed by atoms with Gasteiger partial charge in [-0.2, -0.15) is 0 Å². The number of aliphatic hydroxyl groups excluding tert-OH is 1. The van der Waals surface area contributed by atoms with Crippen LogP contribution in [0.5, 0.6) is 5.75 Å². The number of aromatic nitrogens is 2. The molecule has 0 aliphatic carbocycles. The Morgan fingerprint density at radius 3 is 2.22 bits per heavy atom. The zero-order valence-electron chi connectivity index (χ0n) is 14.0. The summed E-state index contributed by atoms with van der Waals surface area (Å²) in [6.45, 7) is -0.0855. The third-order valence-corrected chi connectivity index (χ3v) is 4.92. The predicted molar refractivity (Wildman–Crippen MR) is 109 cm³/mol. The molecule has 3 rings (SSSR count). The maximum atomic E-state index is 9.65. The van der Waals surface area contributed by atoms with Crippen molar-refractivity contribution in [3.8, 4) is 17.0 Å². The van der Waals surface area contributed by atoms with Gasteiger partial charge in [-0.1, -0.05) is 53.0 Å². The van der Waals surface area contributed by atoms with Crippen LogP contribution in [0.15, 0.2) is 48.5 Å². The standard InChI is InChI=1S/C19H16Cl3N3O2/c20-14-4-2-1-3-11(14)7-13(10-26)23-18-6-5-17(24-25-18)12-8-15(21)19(27)16(22)9-12/h1-6,8-9,13,26-27H,7,10H2,(H,23,25). The van der Waals surface area contributed by atoms with Gasteiger partial charge in [-0.3, -0.25) is 0 Å². The van der Waals surface area contributed by atoms with Crippen LogP contribution in [0.3, 0.4) is 0 Å². The minimum absolute atomic E-state index is 0.0855. The van der Waals surface area contributed by atoms with E-state index in [1.165, 1.54) is 0 Å². The van der Waals surface area contributed by atoms with Crippen LogP contribution in [0.2, 0.25) is 15.1 Å². The van der Waals surface area contributed by atoms with Crippen LogP contribution in [0.25, 0.3) is 11.3 Å². The van der Waals surface area contributed by atoms with E-state index in [1.54, 1.807) is 24.3 Å². The molecule has 1 unspecified atom stereocenters. The maximum absolute atomic E-state index is 9.65. The largest absolute Gasteiger partial charge is 0.505 e. The quantitative estimate of drug-likeness (QED) is 0.528. The second-order valence-corrected chi connectivity index (χ2v) is 7.13. The number of rotatable bonds is 6. The van der Waals surface area contributed by atoms with E-state index in [9.17, 15) is 10.2 Å². The van der Waals surface area contributed by atoms with E-state index in [2.05, 4.69) is 15.5 Å². The van der Waals surface area contributed by atoms with Gasteiger partial charge in [0.2, 0.25) is 0 Å². The number of phenols is 1. The Hall–Kier alpha value is -2.05. The predicted octanol–water partition coefficient (Wildman–Crippen LogP) is 4.82. The molecule has 0 saturated heterocycles. The molecule has 5 nitrogen and oxygen atoms in total. The minimum atomic E-state index is -0.261. The van der Waals surface area contributed by atoms with Crippen molar-refractivity contribution >= 4 is 40.6 Å². The van der Waals surface area contributed by atoms with Gasteiger partial charge in [0.25, 0.3) is 0 Å². The first-order chi connectivity index (χ1) is 13.0. The third kappa shape index (κ3) is 4.82. The van der Waals surface area contributed by atoms with Crippen molar-refractivity contribution in [1.29, 1.82) is 0 Å². The molecule has 0 saturated carbocycles. The second kappa shape index (κ2) is 8.76. The number of phenolic OH excluding ortho intramolecular Hbond substituents is 1. The van der Waals surface area contributed by atoms with Gasteiger partial charge in [0.15, 0.2) is 5.75 Å². The summed E-state index contributed by atoms with van der Waals surface area (Å²) in [5, 5.41) is 31.7. The van der Waals surface area contributed by atoms with Gasteiger partial charge in [0.05, 0.1) is 28.4 Å². The summed E-state index contributed by atoms with van der Waals surface area (Å²) >= 11 is 18.1. The topological polar surface area (TPSA) is 78.3 Å². The molecule has 3 N–H and O–H groups in total. The Morgan fingerprint density at radius 2 is 1.63 bits per heavy atom. The van der Waals surface area contributed by atoms with Gasteiger partial charge >= 0.3 is 0 Å². The van der Waals surface area contributed by atoms with Crippen molar-refractivity contribution in [3.05, 3.63) is 69.2 Å². The summed E-state index contributed by atoms with van der Waals surface area (Å²) in [6.07, 6.45) is 0.544. The van der Waals surface area contributed by atoms with Crippen LogP contribution < -0.4 is 5.32 Å². The van der Waals surface area contributed by atoms with Gasteiger partial charge in [-0.15, -0.1) is 10.2 Å². The van der Waals surface area contributed by atoms with Crippen LogP contribution in [-0.2, 0) is 6.42 Å². The van der Waals surface area contributed by atoms with Crippen LogP contribution >= 0.6 is 34.8 Å². The van der Waals surface area contributed by atoms with Crippen molar-refractivity contribution in [1.82, 2.24) is 10.2 Å². The van der Waals surface area contributed by atoms with Gasteiger partial charge in [0, 0.05) is 10.6 Å². The number of benzene rings is 2. The zero-order chi connectivity index (χ0) is 19.4. The number of aromatic hydroxyl groups is 1. The van der Waals surface area contributed by atoms with E-state index in [-0.39, 0.29) is 28.4 Å². The summed E-state index contributed by atoms with van der Waals surface area (Å²) in [5.41, 5.74) is 2.12. The lowest BCUT2D eigenvalue weighted by Gasteiger charge is -2.17. The lowest BCUT2D eigenvalue weighted by molar-refractivity contribution is 0.273. The van der Waals surface area contributed by atoms with E-state index in [0.29, 0.717) is 28.5 Å². The number of nitrogens with zero attached hydrogens (tertiary/aromatic N) is 2. The summed E-state index contributed by atoms with van der Waals surface area (Å²) in [5.74, 6) is 0.347. The fourth-order valence-corrected chi connectivity index (χ4v) is 3.28. The summed E-state index contributed by atoms with van der Waals surface area (Å²) < 4.78 is 0. The van der Waals surface area contributed by atoms with Crippen molar-refractivity contribution in [2.45, 2.75) is 12.5 Å². The summed E-state index contributed by atoms with van der Waals surface area (Å²) in [7, 11) is 0. The van der Waals surface area contributed by atoms with Crippen molar-refractivity contribution in [2.75, 3.05) is 11.9 Å². The molecule has 0 amide bonds. The van der Waals surface area contributed by atoms with Crippen LogP contribution in [0.1, 0.15) is 5.56 Å². The molecule has 2 aromatic carbocycles. The van der Waals surface area contributed by atoms with Gasteiger partial charge in [0.1, 0.15) is 5.82 Å². The molecule has 1 heterocycles. The van der Waals surface area contributed by atoms with E-state index < -0.39 is 0 Å². The zero-order valence-corrected chi connectivity index (χ0v) is 16.3. The fourth-order valence-electron chi connectivity index (χ4n) is 2.58. The van der Waals surface area contributed by atoms with Crippen molar-refractivity contribution in [3.63, 3.8) is 0 Å². The van der Waals surface area contributed by atoms with Crippen molar-refractivity contribution < 1.29 is 10.2 Å². The molecule has 1 aromatic heterocycles. The first-order valence-corrected chi connectivity index (χ1v) is 9.24. The first kappa shape index (κ1) is 19.7. The lowest BCUT2D eigenvalue weighted by atomic mass is 10.1. The SMILES string of the molecule is OCC(Cc1ccccc1Cl)Nc1ccc(-c2cc(Cl)c(O)c(Cl)c2)nn1. The van der Waals surface area contributed by atoms with Gasteiger partial charge in [-0.05, 0) is 42.3 Å². The molecule has 0 fully saturated rings. The molecule has 0 radical (unpaired) electrons. The molecule has 140 valence electrons. The first-order valence-electron chi connectivity index (χ1n) is 8.11. The monoisotopic (exact) mass is 423 g/mol. The Kier molecular flexibility index (Phi) is 6.39. The highest BCUT2D eigenvalue weighted by Crippen LogP contribution is 2.35. The van der Waals surface area contributed by atoms with E-state index in [0.717, 1.165) is 5.56 Å². The molecule has 1 atom stereocenters. The molecule has 0 aliphatic heterocycles. The van der Waals surface area contributed by atoms with Gasteiger partial charge in [-0.25, -0.2) is 0 Å². The highest BCUT2D eigenvalue weighted by Gasteiger charge is 2.13. The second-order valence-electron chi connectivity index (χ2n) is 5.91. The van der Waals surface area contributed by atoms with Crippen LogP contribution in [0, 0.1) is 0 Å². The number of hydrogen-bond donors (Lipinski definition) is 3. The Bertz CT molecular complexity index is 913. The summed E-state index contributed by atoms with van der Waals surface area (Å²) in [4.78, 5) is 0. The average molecular weight is 425 g/mol. The van der Waals surface area contributed by atoms with E-state index >= 15 is 0 Å². The molecule has 8 heteroatoms. The molecule has 3 aromatic rings. The molecule has 0 aliphatic rings. The normalized spacial score (nSPS) is 12.0. The Morgan fingerprint density at radius 1 is 0.926 bits per heavy atom. The van der Waals surface area contributed by atoms with Crippen LogP contribution in [0.4, 0.5) is 5.82 Å². The third-order valence-electron chi connectivity index (χ3n) is 3.97. The number of anilines is 1.